The molecule has 0 aliphatic heterocycles. The molecule has 0 saturated heterocycles. The molecule has 0 radical (unpaired) electrons. The highest BCUT2D eigenvalue weighted by Gasteiger charge is 2.28. The molecule has 1 N–H and O–H groups in total. The summed E-state index contributed by atoms with van der Waals surface area (Å²) in [5.41, 5.74) is -3.60. The lowest BCUT2D eigenvalue weighted by Gasteiger charge is -2.14. The lowest BCUT2D eigenvalue weighted by Crippen LogP contribution is -2.08. The highest BCUT2D eigenvalue weighted by molar-refractivity contribution is 8.00. The van der Waals surface area contributed by atoms with Crippen LogP contribution in [0.1, 0.15) is 17.9 Å². The van der Waals surface area contributed by atoms with Crippen LogP contribution in [0.4, 0.5) is 17.6 Å². The molecule has 0 fully saturated rings. The number of hydrogen-bond acceptors (Lipinski definition) is 2. The first-order valence-electron chi connectivity index (χ1n) is 4.99. The van der Waals surface area contributed by atoms with Gasteiger partial charge in [-0.3, -0.25) is 0 Å². The van der Waals surface area contributed by atoms with Crippen molar-refractivity contribution in [3.8, 4) is 0 Å². The molecule has 1 rings (SSSR count). The zero-order chi connectivity index (χ0) is 12.9. The van der Waals surface area contributed by atoms with E-state index in [9.17, 15) is 17.6 Å². The minimum atomic E-state index is -4.25. The average Bonchev–Trinajstić information content (AvgIpc) is 2.24. The van der Waals surface area contributed by atoms with Crippen LogP contribution in [0.3, 0.4) is 0 Å². The molecule has 0 spiro atoms. The van der Waals surface area contributed by atoms with Crippen LogP contribution in [-0.2, 0) is 0 Å². The first-order chi connectivity index (χ1) is 7.92. The van der Waals surface area contributed by atoms with Gasteiger partial charge in [-0.15, -0.1) is 0 Å². The molecule has 1 nitrogen and oxygen atoms in total. The molecule has 0 bridgehead atoms. The van der Waals surface area contributed by atoms with Gasteiger partial charge in [0.2, 0.25) is 0 Å². The third-order valence-corrected chi connectivity index (χ3v) is 3.06. The molecule has 1 aromatic rings. The number of aliphatic hydroxyl groups excluding tert-OH is 1. The molecule has 96 valence electrons. The van der Waals surface area contributed by atoms with E-state index >= 15 is 0 Å². The van der Waals surface area contributed by atoms with Crippen molar-refractivity contribution in [1.29, 1.82) is 0 Å². The maximum Gasteiger partial charge on any atom is 0.441 e. The summed E-state index contributed by atoms with van der Waals surface area (Å²) in [6, 6.07) is 5.42. The zero-order valence-corrected chi connectivity index (χ0v) is 9.69. The largest absolute Gasteiger partial charge is 0.441 e. The number of aliphatic hydroxyl groups is 1. The SMILES string of the molecule is OCC(CCSC(F)(F)F)c1ccc(F)cc1. The van der Waals surface area contributed by atoms with Crippen LogP contribution in [-0.4, -0.2) is 23.0 Å². The van der Waals surface area contributed by atoms with E-state index in [0.717, 1.165) is 0 Å². The lowest BCUT2D eigenvalue weighted by atomic mass is 9.97. The number of halogens is 4. The molecular formula is C11H12F4OS. The molecule has 0 saturated carbocycles. The second kappa shape index (κ2) is 6.26. The van der Waals surface area contributed by atoms with Crippen LogP contribution < -0.4 is 0 Å². The van der Waals surface area contributed by atoms with Gasteiger partial charge in [-0.1, -0.05) is 23.9 Å². The van der Waals surface area contributed by atoms with E-state index in [0.29, 0.717) is 5.56 Å². The Morgan fingerprint density at radius 3 is 2.24 bits per heavy atom. The lowest BCUT2D eigenvalue weighted by molar-refractivity contribution is -0.0328. The Morgan fingerprint density at radius 2 is 1.76 bits per heavy atom. The number of hydrogen-bond donors (Lipinski definition) is 1. The van der Waals surface area contributed by atoms with Gasteiger partial charge in [-0.25, -0.2) is 4.39 Å². The highest BCUT2D eigenvalue weighted by Crippen LogP contribution is 2.32. The summed E-state index contributed by atoms with van der Waals surface area (Å²) in [6.45, 7) is -0.246. The minimum Gasteiger partial charge on any atom is -0.396 e. The fourth-order valence-corrected chi connectivity index (χ4v) is 2.05. The number of rotatable bonds is 5. The smallest absolute Gasteiger partial charge is 0.396 e. The van der Waals surface area contributed by atoms with E-state index in [1.54, 1.807) is 0 Å². The number of benzene rings is 1. The summed E-state index contributed by atoms with van der Waals surface area (Å²) >= 11 is -0.110. The predicted octanol–water partition coefficient (Wildman–Crippen LogP) is 3.54. The van der Waals surface area contributed by atoms with Gasteiger partial charge in [0.1, 0.15) is 5.82 Å². The minimum absolute atomic E-state index is 0.110. The van der Waals surface area contributed by atoms with E-state index < -0.39 is 11.3 Å². The molecule has 0 aromatic heterocycles. The van der Waals surface area contributed by atoms with Crippen molar-refractivity contribution in [1.82, 2.24) is 0 Å². The topological polar surface area (TPSA) is 20.2 Å². The zero-order valence-electron chi connectivity index (χ0n) is 8.88. The molecule has 0 amide bonds. The van der Waals surface area contributed by atoms with E-state index in [4.69, 9.17) is 5.11 Å². The molecular weight excluding hydrogens is 256 g/mol. The van der Waals surface area contributed by atoms with Gasteiger partial charge in [0.15, 0.2) is 0 Å². The molecule has 1 atom stereocenters. The summed E-state index contributed by atoms with van der Waals surface area (Å²) < 4.78 is 48.4. The summed E-state index contributed by atoms with van der Waals surface area (Å²) in [4.78, 5) is 0. The van der Waals surface area contributed by atoms with Crippen LogP contribution in [0.5, 0.6) is 0 Å². The summed E-state index contributed by atoms with van der Waals surface area (Å²) in [5.74, 6) is -0.910. The Balaban J connectivity index is 2.51. The molecule has 6 heteroatoms. The first kappa shape index (κ1) is 14.3. The Bertz CT molecular complexity index is 336. The predicted molar refractivity (Wildman–Crippen MR) is 59.4 cm³/mol. The van der Waals surface area contributed by atoms with Gasteiger partial charge in [0.25, 0.3) is 0 Å². The quantitative estimate of drug-likeness (QED) is 0.824. The molecule has 17 heavy (non-hydrogen) atoms. The van der Waals surface area contributed by atoms with Crippen molar-refractivity contribution < 1.29 is 22.7 Å². The van der Waals surface area contributed by atoms with Crippen molar-refractivity contribution >= 4 is 11.8 Å². The average molecular weight is 268 g/mol. The van der Waals surface area contributed by atoms with Crippen LogP contribution >= 0.6 is 11.8 Å². The van der Waals surface area contributed by atoms with Crippen molar-refractivity contribution in [2.24, 2.45) is 0 Å². The third kappa shape index (κ3) is 5.41. The standard InChI is InChI=1S/C11H12F4OS/c12-10-3-1-8(2-4-10)9(7-16)5-6-17-11(13,14)15/h1-4,9,16H,5-7H2. The fourth-order valence-electron chi connectivity index (χ4n) is 1.42. The Morgan fingerprint density at radius 1 is 1.18 bits per heavy atom. The van der Waals surface area contributed by atoms with Crippen LogP contribution in [0.25, 0.3) is 0 Å². The summed E-state index contributed by atoms with van der Waals surface area (Å²) in [7, 11) is 0. The van der Waals surface area contributed by atoms with Gasteiger partial charge >= 0.3 is 5.51 Å². The van der Waals surface area contributed by atoms with Gasteiger partial charge in [0, 0.05) is 18.3 Å². The van der Waals surface area contributed by atoms with E-state index in [-0.39, 0.29) is 36.5 Å². The molecule has 0 aliphatic carbocycles. The van der Waals surface area contributed by atoms with Gasteiger partial charge in [-0.2, -0.15) is 13.2 Å². The highest BCUT2D eigenvalue weighted by atomic mass is 32.2. The van der Waals surface area contributed by atoms with Crippen LogP contribution in [0.2, 0.25) is 0 Å². The van der Waals surface area contributed by atoms with Crippen LogP contribution in [0, 0.1) is 5.82 Å². The van der Waals surface area contributed by atoms with E-state index in [1.807, 2.05) is 0 Å². The van der Waals surface area contributed by atoms with Gasteiger partial charge in [-0.05, 0) is 24.1 Å². The molecule has 1 aromatic carbocycles. The van der Waals surface area contributed by atoms with Crippen molar-refractivity contribution in [2.75, 3.05) is 12.4 Å². The van der Waals surface area contributed by atoms with Crippen LogP contribution in [0.15, 0.2) is 24.3 Å². The second-order valence-corrected chi connectivity index (χ2v) is 4.67. The maximum atomic E-state index is 12.6. The monoisotopic (exact) mass is 268 g/mol. The fraction of sp³-hybridized carbons (Fsp3) is 0.455. The number of alkyl halides is 3. The summed E-state index contributed by atoms with van der Waals surface area (Å²) in [5, 5.41) is 9.09. The van der Waals surface area contributed by atoms with Crippen molar-refractivity contribution in [3.63, 3.8) is 0 Å². The van der Waals surface area contributed by atoms with Gasteiger partial charge < -0.3 is 5.11 Å². The molecule has 1 unspecified atom stereocenters. The normalized spacial score (nSPS) is 13.7. The third-order valence-electron chi connectivity index (χ3n) is 2.29. The van der Waals surface area contributed by atoms with E-state index in [1.165, 1.54) is 24.3 Å². The summed E-state index contributed by atoms with van der Waals surface area (Å²) in [6.07, 6.45) is 0.201. The first-order valence-corrected chi connectivity index (χ1v) is 5.98. The van der Waals surface area contributed by atoms with E-state index in [2.05, 4.69) is 0 Å². The van der Waals surface area contributed by atoms with Gasteiger partial charge in [0.05, 0.1) is 0 Å². The molecule has 0 aliphatic rings. The maximum absolute atomic E-state index is 12.6. The number of thioether (sulfide) groups is 1. The van der Waals surface area contributed by atoms with Crippen molar-refractivity contribution in [3.05, 3.63) is 35.6 Å². The second-order valence-electron chi connectivity index (χ2n) is 3.51. The Hall–Kier alpha value is -0.750. The van der Waals surface area contributed by atoms with Crippen molar-refractivity contribution in [2.45, 2.75) is 17.8 Å². The molecule has 0 heterocycles. The Kier molecular flexibility index (Phi) is 5.27. The Labute approximate surface area is 101 Å².